The van der Waals surface area contributed by atoms with Crippen LogP contribution in [0, 0.1) is 13.8 Å². The number of H-pyrrole nitrogens is 1. The molecule has 10 heteroatoms. The molecule has 0 spiro atoms. The lowest BCUT2D eigenvalue weighted by Crippen LogP contribution is -2.27. The molecule has 0 saturated carbocycles. The molecule has 0 bridgehead atoms. The molecule has 4 rings (SSSR count). The third-order valence-electron chi connectivity index (χ3n) is 4.72. The van der Waals surface area contributed by atoms with Crippen molar-refractivity contribution in [3.05, 3.63) is 56.5 Å². The van der Waals surface area contributed by atoms with Gasteiger partial charge in [0.05, 0.1) is 22.6 Å². The van der Waals surface area contributed by atoms with Gasteiger partial charge >= 0.3 is 0 Å². The maximum Gasteiger partial charge on any atom is 0.260 e. The van der Waals surface area contributed by atoms with Crippen molar-refractivity contribution in [2.45, 2.75) is 32.6 Å². The Balaban J connectivity index is 1.25. The van der Waals surface area contributed by atoms with Gasteiger partial charge in [0.1, 0.15) is 10.7 Å². The van der Waals surface area contributed by atoms with E-state index in [1.165, 1.54) is 23.1 Å². The highest BCUT2D eigenvalue weighted by atomic mass is 32.2. The summed E-state index contributed by atoms with van der Waals surface area (Å²) in [5.41, 5.74) is 2.95. The molecule has 4 aromatic rings. The molecule has 162 valence electrons. The van der Waals surface area contributed by atoms with E-state index in [1.54, 1.807) is 11.3 Å². The van der Waals surface area contributed by atoms with Crippen molar-refractivity contribution in [1.29, 1.82) is 0 Å². The van der Waals surface area contributed by atoms with Crippen LogP contribution in [0.3, 0.4) is 0 Å². The minimum absolute atomic E-state index is 0.0158. The molecule has 31 heavy (non-hydrogen) atoms. The molecule has 0 saturated heterocycles. The number of nitrogens with one attached hydrogen (secondary N) is 2. The molecule has 0 aromatic carbocycles. The van der Waals surface area contributed by atoms with E-state index >= 15 is 0 Å². The first-order chi connectivity index (χ1) is 15.0. The fourth-order valence-corrected chi connectivity index (χ4v) is 5.83. The van der Waals surface area contributed by atoms with E-state index in [2.05, 4.69) is 20.4 Å². The largest absolute Gasteiger partial charge is 0.355 e. The van der Waals surface area contributed by atoms with Gasteiger partial charge in [-0.3, -0.25) is 14.3 Å². The van der Waals surface area contributed by atoms with Crippen LogP contribution in [0.1, 0.15) is 23.6 Å². The number of hydrogen-bond acceptors (Lipinski definition) is 7. The summed E-state index contributed by atoms with van der Waals surface area (Å²) in [6, 6.07) is 6.02. The third kappa shape index (κ3) is 5.25. The van der Waals surface area contributed by atoms with Crippen LogP contribution < -0.4 is 10.9 Å². The first-order valence-corrected chi connectivity index (χ1v) is 12.8. The van der Waals surface area contributed by atoms with Crippen LogP contribution in [0.15, 0.2) is 33.8 Å². The Bertz CT molecular complexity index is 1240. The first-order valence-electron chi connectivity index (χ1n) is 9.91. The quantitative estimate of drug-likeness (QED) is 0.359. The lowest BCUT2D eigenvalue weighted by Gasteiger charge is -2.07. The molecule has 4 heterocycles. The Morgan fingerprint density at radius 1 is 1.32 bits per heavy atom. The van der Waals surface area contributed by atoms with Gasteiger partial charge in [0, 0.05) is 34.6 Å². The minimum Gasteiger partial charge on any atom is -0.355 e. The lowest BCUT2D eigenvalue weighted by molar-refractivity contribution is -0.118. The second-order valence-corrected chi connectivity index (χ2v) is 9.96. The van der Waals surface area contributed by atoms with Crippen LogP contribution in [-0.2, 0) is 17.1 Å². The number of aromatic nitrogens is 4. The second-order valence-electron chi connectivity index (χ2n) is 7.17. The molecule has 2 N–H and O–H groups in total. The van der Waals surface area contributed by atoms with Gasteiger partial charge in [-0.15, -0.1) is 34.4 Å². The number of nitrogens with zero attached hydrogens (tertiary/aromatic N) is 3. The summed E-state index contributed by atoms with van der Waals surface area (Å²) in [7, 11) is 0. The average Bonchev–Trinajstić information content (AvgIpc) is 3.45. The van der Waals surface area contributed by atoms with Crippen molar-refractivity contribution in [3.8, 4) is 10.4 Å². The number of thioether (sulfide) groups is 1. The second kappa shape index (κ2) is 9.80. The Kier molecular flexibility index (Phi) is 6.89. The number of amides is 1. The zero-order chi connectivity index (χ0) is 21.8. The molecular weight excluding hydrogens is 450 g/mol. The standard InChI is InChI=1S/C21H23N5O2S3/c1-13-9-14(2)26(25-13)7-4-6-22-18(27)12-29-11-17-23-20(28)19-15(10-31-21(19)24-17)16-5-3-8-30-16/h3,5,8-10H,4,6-7,11-12H2,1-2H3,(H,22,27)(H,23,24,28). The summed E-state index contributed by atoms with van der Waals surface area (Å²) in [5.74, 6) is 1.39. The molecule has 0 aliphatic heterocycles. The van der Waals surface area contributed by atoms with E-state index in [-0.39, 0.29) is 11.5 Å². The van der Waals surface area contributed by atoms with Crippen molar-refractivity contribution >= 4 is 50.6 Å². The summed E-state index contributed by atoms with van der Waals surface area (Å²) >= 11 is 4.52. The van der Waals surface area contributed by atoms with Gasteiger partial charge in [-0.05, 0) is 37.8 Å². The van der Waals surface area contributed by atoms with Gasteiger partial charge < -0.3 is 10.3 Å². The smallest absolute Gasteiger partial charge is 0.260 e. The van der Waals surface area contributed by atoms with E-state index in [1.807, 2.05) is 47.5 Å². The minimum atomic E-state index is -0.126. The molecule has 0 aliphatic carbocycles. The van der Waals surface area contributed by atoms with Gasteiger partial charge in [0.15, 0.2) is 0 Å². The van der Waals surface area contributed by atoms with Gasteiger partial charge in [0.25, 0.3) is 5.56 Å². The number of carbonyl (C=O) groups excluding carboxylic acids is 1. The normalized spacial score (nSPS) is 11.3. The maximum absolute atomic E-state index is 12.6. The fraction of sp³-hybridized carbons (Fsp3) is 0.333. The van der Waals surface area contributed by atoms with Crippen molar-refractivity contribution in [3.63, 3.8) is 0 Å². The molecule has 1 amide bonds. The average molecular weight is 474 g/mol. The molecular formula is C21H23N5O2S3. The van der Waals surface area contributed by atoms with Crippen LogP contribution in [0.5, 0.6) is 0 Å². The SMILES string of the molecule is Cc1cc(C)n(CCCNC(=O)CSCc2nc3scc(-c4cccs4)c3c(=O)[nH]2)n1. The highest BCUT2D eigenvalue weighted by Gasteiger charge is 2.14. The number of fused-ring (bicyclic) bond motifs is 1. The van der Waals surface area contributed by atoms with Crippen molar-refractivity contribution in [2.75, 3.05) is 12.3 Å². The molecule has 0 atom stereocenters. The number of rotatable bonds is 9. The molecule has 0 aliphatic rings. The van der Waals surface area contributed by atoms with Crippen LogP contribution in [0.4, 0.5) is 0 Å². The molecule has 0 unspecified atom stereocenters. The van der Waals surface area contributed by atoms with Crippen LogP contribution in [0.2, 0.25) is 0 Å². The van der Waals surface area contributed by atoms with E-state index in [0.717, 1.165) is 39.6 Å². The Labute approximate surface area is 191 Å². The zero-order valence-electron chi connectivity index (χ0n) is 17.3. The van der Waals surface area contributed by atoms with Crippen molar-refractivity contribution in [2.24, 2.45) is 0 Å². The Morgan fingerprint density at radius 3 is 2.94 bits per heavy atom. The van der Waals surface area contributed by atoms with E-state index in [0.29, 0.717) is 29.3 Å². The summed E-state index contributed by atoms with van der Waals surface area (Å²) in [5, 5.41) is 12.0. The fourth-order valence-electron chi connectivity index (χ4n) is 3.32. The topological polar surface area (TPSA) is 92.7 Å². The van der Waals surface area contributed by atoms with Crippen LogP contribution in [0.25, 0.3) is 20.7 Å². The van der Waals surface area contributed by atoms with Gasteiger partial charge in [-0.2, -0.15) is 5.10 Å². The number of aryl methyl sites for hydroxylation is 3. The third-order valence-corrected chi connectivity index (χ3v) is 7.44. The number of carbonyl (C=O) groups is 1. The predicted octanol–water partition coefficient (Wildman–Crippen LogP) is 3.97. The number of hydrogen-bond donors (Lipinski definition) is 2. The monoisotopic (exact) mass is 473 g/mol. The van der Waals surface area contributed by atoms with Gasteiger partial charge in [0.2, 0.25) is 5.91 Å². The van der Waals surface area contributed by atoms with Crippen molar-refractivity contribution < 1.29 is 4.79 Å². The Morgan fingerprint density at radius 2 is 2.19 bits per heavy atom. The van der Waals surface area contributed by atoms with Crippen LogP contribution in [-0.4, -0.2) is 38.0 Å². The lowest BCUT2D eigenvalue weighted by atomic mass is 10.2. The highest BCUT2D eigenvalue weighted by molar-refractivity contribution is 7.99. The molecule has 7 nitrogen and oxygen atoms in total. The molecule has 0 radical (unpaired) electrons. The summed E-state index contributed by atoms with van der Waals surface area (Å²) in [4.78, 5) is 34.0. The van der Waals surface area contributed by atoms with Gasteiger partial charge in [-0.1, -0.05) is 6.07 Å². The number of aromatic amines is 1. The zero-order valence-corrected chi connectivity index (χ0v) is 19.8. The van der Waals surface area contributed by atoms with E-state index in [4.69, 9.17) is 0 Å². The summed E-state index contributed by atoms with van der Waals surface area (Å²) < 4.78 is 1.96. The van der Waals surface area contributed by atoms with E-state index < -0.39 is 0 Å². The Hall–Kier alpha value is -2.43. The van der Waals surface area contributed by atoms with Crippen LogP contribution >= 0.6 is 34.4 Å². The molecule has 4 aromatic heterocycles. The summed E-state index contributed by atoms with van der Waals surface area (Å²) in [6.45, 7) is 5.40. The molecule has 0 fully saturated rings. The predicted molar refractivity (Wildman–Crippen MR) is 129 cm³/mol. The summed E-state index contributed by atoms with van der Waals surface area (Å²) in [6.07, 6.45) is 0.828. The number of thiophene rings is 2. The van der Waals surface area contributed by atoms with Gasteiger partial charge in [-0.25, -0.2) is 4.98 Å². The highest BCUT2D eigenvalue weighted by Crippen LogP contribution is 2.33. The maximum atomic E-state index is 12.6. The first kappa shape index (κ1) is 21.8. The van der Waals surface area contributed by atoms with E-state index in [9.17, 15) is 9.59 Å². The van der Waals surface area contributed by atoms with Crippen molar-refractivity contribution in [1.82, 2.24) is 25.1 Å².